The third-order valence-corrected chi connectivity index (χ3v) is 3.32. The fraction of sp³-hybridized carbons (Fsp3) is 0.571. The molecule has 0 spiro atoms. The van der Waals surface area contributed by atoms with Crippen molar-refractivity contribution in [2.24, 2.45) is 0 Å². The van der Waals surface area contributed by atoms with Crippen LogP contribution in [0.15, 0.2) is 24.3 Å². The van der Waals surface area contributed by atoms with Gasteiger partial charge in [0.1, 0.15) is 5.82 Å². The lowest BCUT2D eigenvalue weighted by Crippen LogP contribution is -2.44. The average Bonchev–Trinajstić information content (AvgIpc) is 2.39. The number of nitrogens with zero attached hydrogens (tertiary/aromatic N) is 1. The number of hydrogen-bond acceptors (Lipinski definition) is 3. The van der Waals surface area contributed by atoms with E-state index < -0.39 is 0 Å². The Kier molecular flexibility index (Phi) is 5.82. The van der Waals surface area contributed by atoms with Gasteiger partial charge in [-0.3, -0.25) is 4.90 Å². The molecule has 1 heterocycles. The van der Waals surface area contributed by atoms with Crippen LogP contribution >= 0.6 is 0 Å². The van der Waals surface area contributed by atoms with Gasteiger partial charge in [0, 0.05) is 26.3 Å². The highest BCUT2D eigenvalue weighted by atomic mass is 19.1. The lowest BCUT2D eigenvalue weighted by Gasteiger charge is -2.27. The molecule has 1 aliphatic rings. The highest BCUT2D eigenvalue weighted by molar-refractivity contribution is 6.61. The number of rotatable bonds is 4. The minimum atomic E-state index is -0.367. The maximum absolute atomic E-state index is 12.9. The molecule has 3 nitrogen and oxygen atoms in total. The second-order valence-corrected chi connectivity index (χ2v) is 4.82. The zero-order valence-electron chi connectivity index (χ0n) is 11.5. The summed E-state index contributed by atoms with van der Waals surface area (Å²) in [5.41, 5.74) is 0.878. The topological polar surface area (TPSA) is 21.7 Å². The molecule has 0 aromatic heterocycles. The van der Waals surface area contributed by atoms with Crippen LogP contribution in [0.1, 0.15) is 19.8 Å². The van der Waals surface area contributed by atoms with Crippen LogP contribution in [0.5, 0.6) is 0 Å². The van der Waals surface area contributed by atoms with E-state index in [9.17, 15) is 4.39 Å². The molecule has 0 amide bonds. The van der Waals surface area contributed by atoms with E-state index in [1.165, 1.54) is 25.0 Å². The summed E-state index contributed by atoms with van der Waals surface area (Å²) in [4.78, 5) is 2.37. The average molecular weight is 265 g/mol. The second kappa shape index (κ2) is 7.63. The van der Waals surface area contributed by atoms with Crippen molar-refractivity contribution in [2.45, 2.75) is 19.8 Å². The van der Waals surface area contributed by atoms with Crippen LogP contribution in [-0.2, 0) is 9.31 Å². The van der Waals surface area contributed by atoms with Crippen LogP contribution < -0.4 is 5.46 Å². The summed E-state index contributed by atoms with van der Waals surface area (Å²) < 4.78 is 24.3. The first-order valence-corrected chi connectivity index (χ1v) is 7.00. The highest BCUT2D eigenvalue weighted by Gasteiger charge is 2.23. The van der Waals surface area contributed by atoms with Gasteiger partial charge >= 0.3 is 7.12 Å². The number of benzene rings is 1. The molecule has 1 saturated heterocycles. The molecule has 0 saturated carbocycles. The molecule has 0 N–H and O–H groups in total. The SMILES string of the molecule is CCCCN1CCOB(c2ccc(F)cc2)OCC1. The van der Waals surface area contributed by atoms with Crippen LogP contribution in [0.4, 0.5) is 4.39 Å². The zero-order valence-corrected chi connectivity index (χ0v) is 11.5. The van der Waals surface area contributed by atoms with Gasteiger partial charge in [-0.05, 0) is 30.6 Å². The fourth-order valence-corrected chi connectivity index (χ4v) is 2.16. The van der Waals surface area contributed by atoms with Gasteiger partial charge in [0.15, 0.2) is 0 Å². The second-order valence-electron chi connectivity index (χ2n) is 4.82. The van der Waals surface area contributed by atoms with Crippen LogP contribution in [0.3, 0.4) is 0 Å². The summed E-state index contributed by atoms with van der Waals surface area (Å²) in [5, 5.41) is 0. The molecule has 0 bridgehead atoms. The van der Waals surface area contributed by atoms with Gasteiger partial charge in [0.05, 0.1) is 0 Å². The molecule has 104 valence electrons. The summed E-state index contributed by atoms with van der Waals surface area (Å²) in [5.74, 6) is -0.236. The first-order valence-electron chi connectivity index (χ1n) is 7.00. The Morgan fingerprint density at radius 2 is 1.79 bits per heavy atom. The van der Waals surface area contributed by atoms with Gasteiger partial charge in [-0.1, -0.05) is 25.5 Å². The predicted molar refractivity (Wildman–Crippen MR) is 75.0 cm³/mol. The van der Waals surface area contributed by atoms with Gasteiger partial charge in [-0.2, -0.15) is 0 Å². The van der Waals surface area contributed by atoms with Crippen LogP contribution in [-0.4, -0.2) is 44.9 Å². The first kappa shape index (κ1) is 14.5. The van der Waals surface area contributed by atoms with Crippen molar-refractivity contribution in [1.82, 2.24) is 4.90 Å². The van der Waals surface area contributed by atoms with E-state index in [1.54, 1.807) is 12.1 Å². The van der Waals surface area contributed by atoms with Gasteiger partial charge in [-0.25, -0.2) is 4.39 Å². The summed E-state index contributed by atoms with van der Waals surface area (Å²) in [6, 6.07) is 6.32. The lowest BCUT2D eigenvalue weighted by atomic mass is 9.78. The normalized spacial score (nSPS) is 18.1. The molecule has 1 fully saturated rings. The highest BCUT2D eigenvalue weighted by Crippen LogP contribution is 2.03. The largest absolute Gasteiger partial charge is 0.493 e. The van der Waals surface area contributed by atoms with E-state index >= 15 is 0 Å². The molecule has 1 aromatic rings. The fourth-order valence-electron chi connectivity index (χ4n) is 2.16. The van der Waals surface area contributed by atoms with Gasteiger partial charge in [0.2, 0.25) is 0 Å². The molecule has 1 aromatic carbocycles. The predicted octanol–water partition coefficient (Wildman–Crippen LogP) is 1.67. The molecule has 0 atom stereocenters. The molecule has 0 radical (unpaired) electrons. The number of hydrogen-bond donors (Lipinski definition) is 0. The molecule has 0 unspecified atom stereocenters. The Hall–Kier alpha value is -0.905. The van der Waals surface area contributed by atoms with Crippen molar-refractivity contribution < 1.29 is 13.7 Å². The molecule has 19 heavy (non-hydrogen) atoms. The maximum Gasteiger partial charge on any atom is 0.493 e. The first-order chi connectivity index (χ1) is 9.29. The number of halogens is 1. The van der Waals surface area contributed by atoms with E-state index in [4.69, 9.17) is 9.31 Å². The quantitative estimate of drug-likeness (QED) is 0.773. The summed E-state index contributed by atoms with van der Waals surface area (Å²) in [7, 11) is -0.367. The van der Waals surface area contributed by atoms with Crippen LogP contribution in [0.25, 0.3) is 0 Å². The van der Waals surface area contributed by atoms with Crippen molar-refractivity contribution >= 4 is 12.6 Å². The van der Waals surface area contributed by atoms with E-state index in [0.29, 0.717) is 13.2 Å². The lowest BCUT2D eigenvalue weighted by molar-refractivity contribution is 0.116. The standard InChI is InChI=1S/C14H21BFNO2/c1-2-3-8-17-9-11-18-15(19-12-10-17)13-4-6-14(16)7-5-13/h4-7H,2-3,8-12H2,1H3. The van der Waals surface area contributed by atoms with Gasteiger partial charge in [0.25, 0.3) is 0 Å². The van der Waals surface area contributed by atoms with Crippen molar-refractivity contribution in [3.8, 4) is 0 Å². The summed E-state index contributed by atoms with van der Waals surface area (Å²) in [6.07, 6.45) is 2.41. The molecule has 5 heteroatoms. The molecule has 2 rings (SSSR count). The smallest absolute Gasteiger partial charge is 0.406 e. The van der Waals surface area contributed by atoms with E-state index in [1.807, 2.05) is 0 Å². The third-order valence-electron chi connectivity index (χ3n) is 3.32. The van der Waals surface area contributed by atoms with Crippen molar-refractivity contribution in [3.05, 3.63) is 30.1 Å². The van der Waals surface area contributed by atoms with E-state index in [-0.39, 0.29) is 12.9 Å². The summed E-state index contributed by atoms with van der Waals surface area (Å²) in [6.45, 7) is 6.45. The Morgan fingerprint density at radius 1 is 1.16 bits per heavy atom. The minimum absolute atomic E-state index is 0.236. The number of unbranched alkanes of at least 4 members (excludes halogenated alkanes) is 1. The maximum atomic E-state index is 12.9. The van der Waals surface area contributed by atoms with E-state index in [0.717, 1.165) is 25.1 Å². The third kappa shape index (κ3) is 4.60. The van der Waals surface area contributed by atoms with Crippen molar-refractivity contribution in [3.63, 3.8) is 0 Å². The molecular formula is C14H21BFNO2. The van der Waals surface area contributed by atoms with E-state index in [2.05, 4.69) is 11.8 Å². The van der Waals surface area contributed by atoms with Crippen LogP contribution in [0.2, 0.25) is 0 Å². The molecule has 1 aliphatic heterocycles. The zero-order chi connectivity index (χ0) is 13.5. The van der Waals surface area contributed by atoms with Gasteiger partial charge < -0.3 is 9.31 Å². The van der Waals surface area contributed by atoms with Gasteiger partial charge in [-0.15, -0.1) is 0 Å². The Labute approximate surface area is 114 Å². The van der Waals surface area contributed by atoms with Crippen molar-refractivity contribution in [1.29, 1.82) is 0 Å². The Morgan fingerprint density at radius 3 is 2.37 bits per heavy atom. The monoisotopic (exact) mass is 265 g/mol. The molecule has 0 aliphatic carbocycles. The minimum Gasteiger partial charge on any atom is -0.406 e. The molecular weight excluding hydrogens is 244 g/mol. The van der Waals surface area contributed by atoms with Crippen LogP contribution in [0, 0.1) is 5.82 Å². The summed E-state index contributed by atoms with van der Waals surface area (Å²) >= 11 is 0. The Balaban J connectivity index is 1.85. The Bertz CT molecular complexity index is 364. The van der Waals surface area contributed by atoms with Crippen molar-refractivity contribution in [2.75, 3.05) is 32.8 Å².